The first kappa shape index (κ1) is 14.1. The zero-order valence-electron chi connectivity index (χ0n) is 11.3. The molecule has 0 saturated heterocycles. The highest BCUT2D eigenvalue weighted by Crippen LogP contribution is 2.44. The summed E-state index contributed by atoms with van der Waals surface area (Å²) in [7, 11) is 0. The van der Waals surface area contributed by atoms with E-state index in [2.05, 4.69) is 18.3 Å². The molecule has 1 nitrogen and oxygen atoms in total. The molecule has 1 saturated carbocycles. The van der Waals surface area contributed by atoms with Gasteiger partial charge in [-0.15, -0.1) is 11.3 Å². The molecule has 1 atom stereocenters. The Kier molecular flexibility index (Phi) is 4.11. The number of hydrogen-bond acceptors (Lipinski definition) is 2. The molecule has 4 heteroatoms. The Balaban J connectivity index is 1.90. The van der Waals surface area contributed by atoms with Gasteiger partial charge in [-0.2, -0.15) is 0 Å². The first-order valence-corrected chi connectivity index (χ1v) is 8.17. The van der Waals surface area contributed by atoms with Crippen molar-refractivity contribution >= 4 is 22.9 Å². The van der Waals surface area contributed by atoms with Crippen LogP contribution in [0.25, 0.3) is 10.4 Å². The van der Waals surface area contributed by atoms with Crippen LogP contribution in [0.3, 0.4) is 0 Å². The predicted octanol–water partition coefficient (Wildman–Crippen LogP) is 5.27. The van der Waals surface area contributed by atoms with E-state index in [0.717, 1.165) is 22.9 Å². The Morgan fingerprint density at radius 3 is 2.85 bits per heavy atom. The lowest BCUT2D eigenvalue weighted by Gasteiger charge is -2.15. The summed E-state index contributed by atoms with van der Waals surface area (Å²) in [4.78, 5) is 2.36. The van der Waals surface area contributed by atoms with E-state index in [9.17, 15) is 4.39 Å². The molecule has 0 bridgehead atoms. The molecule has 1 aromatic carbocycles. The first-order valence-electron chi connectivity index (χ1n) is 6.97. The van der Waals surface area contributed by atoms with Crippen molar-refractivity contribution in [3.05, 3.63) is 46.0 Å². The van der Waals surface area contributed by atoms with Crippen LogP contribution in [0.4, 0.5) is 4.39 Å². The monoisotopic (exact) mass is 309 g/mol. The SMILES string of the molecule is CCNC(c1ccc(-c2cc(F)ccc2Cl)s1)C1CC1. The zero-order valence-corrected chi connectivity index (χ0v) is 12.9. The fraction of sp³-hybridized carbons (Fsp3) is 0.375. The summed E-state index contributed by atoms with van der Waals surface area (Å²) in [6.45, 7) is 3.10. The molecule has 3 rings (SSSR count). The van der Waals surface area contributed by atoms with Crippen molar-refractivity contribution in [2.24, 2.45) is 5.92 Å². The molecule has 0 amide bonds. The largest absolute Gasteiger partial charge is 0.309 e. The third-order valence-electron chi connectivity index (χ3n) is 3.64. The summed E-state index contributed by atoms with van der Waals surface area (Å²) in [5, 5.41) is 4.16. The van der Waals surface area contributed by atoms with Gasteiger partial charge < -0.3 is 5.32 Å². The molecule has 1 fully saturated rings. The number of rotatable bonds is 5. The molecule has 0 aliphatic heterocycles. The fourth-order valence-electron chi connectivity index (χ4n) is 2.50. The average molecular weight is 310 g/mol. The summed E-state index contributed by atoms with van der Waals surface area (Å²) < 4.78 is 13.4. The van der Waals surface area contributed by atoms with Gasteiger partial charge in [0.15, 0.2) is 0 Å². The maximum absolute atomic E-state index is 13.4. The van der Waals surface area contributed by atoms with Gasteiger partial charge >= 0.3 is 0 Å². The average Bonchev–Trinajstić information content (AvgIpc) is 3.16. The van der Waals surface area contributed by atoms with Crippen LogP contribution in [0.1, 0.15) is 30.7 Å². The van der Waals surface area contributed by atoms with Crippen molar-refractivity contribution < 1.29 is 4.39 Å². The van der Waals surface area contributed by atoms with Crippen molar-refractivity contribution in [1.29, 1.82) is 0 Å². The molecular formula is C16H17ClFNS. The highest BCUT2D eigenvalue weighted by Gasteiger charge is 2.32. The maximum atomic E-state index is 13.4. The molecule has 1 aliphatic carbocycles. The smallest absolute Gasteiger partial charge is 0.123 e. The Hall–Kier alpha value is -0.900. The van der Waals surface area contributed by atoms with Crippen LogP contribution >= 0.6 is 22.9 Å². The van der Waals surface area contributed by atoms with Crippen LogP contribution in [0.2, 0.25) is 5.02 Å². The molecule has 106 valence electrons. The first-order chi connectivity index (χ1) is 9.69. The van der Waals surface area contributed by atoms with Gasteiger partial charge in [-0.1, -0.05) is 18.5 Å². The highest BCUT2D eigenvalue weighted by molar-refractivity contribution is 7.15. The zero-order chi connectivity index (χ0) is 14.1. The van der Waals surface area contributed by atoms with Gasteiger partial charge in [0.1, 0.15) is 5.82 Å². The molecule has 1 aliphatic rings. The van der Waals surface area contributed by atoms with Gasteiger partial charge in [0.2, 0.25) is 0 Å². The van der Waals surface area contributed by atoms with E-state index in [1.807, 2.05) is 6.07 Å². The lowest BCUT2D eigenvalue weighted by atomic mass is 10.1. The predicted molar refractivity (Wildman–Crippen MR) is 83.9 cm³/mol. The Bertz CT molecular complexity index is 606. The summed E-state index contributed by atoms with van der Waals surface area (Å²) >= 11 is 7.89. The number of benzene rings is 1. The number of halogens is 2. The normalized spacial score (nSPS) is 16.4. The maximum Gasteiger partial charge on any atom is 0.123 e. The minimum absolute atomic E-state index is 0.246. The molecule has 0 radical (unpaired) electrons. The van der Waals surface area contributed by atoms with Gasteiger partial charge in [0.05, 0.1) is 0 Å². The second-order valence-corrected chi connectivity index (χ2v) is 6.72. The van der Waals surface area contributed by atoms with E-state index < -0.39 is 0 Å². The van der Waals surface area contributed by atoms with Crippen LogP contribution in [0.5, 0.6) is 0 Å². The minimum atomic E-state index is -0.246. The fourth-order valence-corrected chi connectivity index (χ4v) is 3.98. The van der Waals surface area contributed by atoms with Gasteiger partial charge in [0, 0.05) is 26.4 Å². The van der Waals surface area contributed by atoms with E-state index >= 15 is 0 Å². The van der Waals surface area contributed by atoms with E-state index in [1.165, 1.54) is 29.9 Å². The molecule has 1 unspecified atom stereocenters. The Labute approximate surface area is 127 Å². The Morgan fingerprint density at radius 1 is 1.35 bits per heavy atom. The van der Waals surface area contributed by atoms with Crippen molar-refractivity contribution in [2.75, 3.05) is 6.54 Å². The van der Waals surface area contributed by atoms with E-state index in [0.29, 0.717) is 11.1 Å². The second-order valence-electron chi connectivity index (χ2n) is 5.20. The van der Waals surface area contributed by atoms with Crippen molar-refractivity contribution in [2.45, 2.75) is 25.8 Å². The van der Waals surface area contributed by atoms with Crippen molar-refractivity contribution in [1.82, 2.24) is 5.32 Å². The van der Waals surface area contributed by atoms with Crippen LogP contribution in [-0.4, -0.2) is 6.54 Å². The summed E-state index contributed by atoms with van der Waals surface area (Å²) in [5.41, 5.74) is 0.786. The summed E-state index contributed by atoms with van der Waals surface area (Å²) in [6, 6.07) is 9.16. The molecule has 0 spiro atoms. The van der Waals surface area contributed by atoms with Crippen molar-refractivity contribution in [3.8, 4) is 10.4 Å². The number of hydrogen-bond donors (Lipinski definition) is 1. The molecule has 1 N–H and O–H groups in total. The van der Waals surface area contributed by atoms with Crippen LogP contribution in [0, 0.1) is 11.7 Å². The highest BCUT2D eigenvalue weighted by atomic mass is 35.5. The van der Waals surface area contributed by atoms with Crippen LogP contribution < -0.4 is 5.32 Å². The summed E-state index contributed by atoms with van der Waals surface area (Å²) in [5.74, 6) is 0.509. The lowest BCUT2D eigenvalue weighted by molar-refractivity contribution is 0.504. The van der Waals surface area contributed by atoms with Gasteiger partial charge in [-0.25, -0.2) is 4.39 Å². The van der Waals surface area contributed by atoms with Gasteiger partial charge in [-0.05, 0) is 55.6 Å². The second kappa shape index (κ2) is 5.84. The van der Waals surface area contributed by atoms with Gasteiger partial charge in [0.25, 0.3) is 0 Å². The Morgan fingerprint density at radius 2 is 2.15 bits per heavy atom. The van der Waals surface area contributed by atoms with Crippen LogP contribution in [-0.2, 0) is 0 Å². The third kappa shape index (κ3) is 2.90. The molecular weight excluding hydrogens is 293 g/mol. The minimum Gasteiger partial charge on any atom is -0.309 e. The van der Waals surface area contributed by atoms with Crippen LogP contribution in [0.15, 0.2) is 30.3 Å². The summed E-state index contributed by atoms with van der Waals surface area (Å²) in [6.07, 6.45) is 2.59. The standard InChI is InChI=1S/C16H17ClFNS/c1-2-19-16(10-3-4-10)15-8-7-14(20-15)12-9-11(18)5-6-13(12)17/h5-10,16,19H,2-4H2,1H3. The molecule has 1 aromatic heterocycles. The topological polar surface area (TPSA) is 12.0 Å². The number of nitrogens with one attached hydrogen (secondary N) is 1. The van der Waals surface area contributed by atoms with Gasteiger partial charge in [-0.3, -0.25) is 0 Å². The van der Waals surface area contributed by atoms with Crippen molar-refractivity contribution in [3.63, 3.8) is 0 Å². The van der Waals surface area contributed by atoms with E-state index in [1.54, 1.807) is 17.4 Å². The van der Waals surface area contributed by atoms with E-state index in [4.69, 9.17) is 11.6 Å². The lowest BCUT2D eigenvalue weighted by Crippen LogP contribution is -2.21. The third-order valence-corrected chi connectivity index (χ3v) is 5.18. The molecule has 20 heavy (non-hydrogen) atoms. The van der Waals surface area contributed by atoms with E-state index in [-0.39, 0.29) is 5.82 Å². The molecule has 2 aromatic rings. The molecule has 1 heterocycles. The quantitative estimate of drug-likeness (QED) is 0.793. The number of thiophene rings is 1.